The van der Waals surface area contributed by atoms with Crippen molar-refractivity contribution in [3.05, 3.63) is 52.0 Å². The molecule has 21 heavy (non-hydrogen) atoms. The number of urea groups is 1. The standard InChI is InChI=1S/C14H15N3O3S/c18-13(19)12-4-3-10(8-16-12)9-17-14(20)15-6-5-11-2-1-7-21-11/h1-4,7-8H,5-6,9H2,(H,18,19)(H2,15,17,20). The Morgan fingerprint density at radius 2 is 2.10 bits per heavy atom. The van der Waals surface area contributed by atoms with Gasteiger partial charge in [0.1, 0.15) is 5.69 Å². The highest BCUT2D eigenvalue weighted by molar-refractivity contribution is 7.09. The van der Waals surface area contributed by atoms with Gasteiger partial charge in [0.05, 0.1) is 0 Å². The zero-order valence-electron chi connectivity index (χ0n) is 11.2. The molecule has 2 aromatic rings. The van der Waals surface area contributed by atoms with Gasteiger partial charge in [0.2, 0.25) is 0 Å². The summed E-state index contributed by atoms with van der Waals surface area (Å²) in [5.74, 6) is -1.07. The van der Waals surface area contributed by atoms with Crippen molar-refractivity contribution in [3.8, 4) is 0 Å². The van der Waals surface area contributed by atoms with E-state index in [4.69, 9.17) is 5.11 Å². The normalized spacial score (nSPS) is 10.1. The van der Waals surface area contributed by atoms with Crippen LogP contribution in [-0.4, -0.2) is 28.6 Å². The molecule has 0 saturated heterocycles. The third kappa shape index (κ3) is 4.88. The molecule has 0 saturated carbocycles. The van der Waals surface area contributed by atoms with Crippen LogP contribution in [0.15, 0.2) is 35.8 Å². The number of aromatic carboxylic acids is 1. The first-order valence-corrected chi connectivity index (χ1v) is 7.25. The number of nitrogens with one attached hydrogen (secondary N) is 2. The fourth-order valence-corrected chi connectivity index (χ4v) is 2.36. The summed E-state index contributed by atoms with van der Waals surface area (Å²) in [7, 11) is 0. The minimum absolute atomic E-state index is 0.0147. The van der Waals surface area contributed by atoms with E-state index in [2.05, 4.69) is 15.6 Å². The van der Waals surface area contributed by atoms with Gasteiger partial charge in [-0.3, -0.25) is 0 Å². The number of hydrogen-bond donors (Lipinski definition) is 3. The molecule has 2 aromatic heterocycles. The minimum atomic E-state index is -1.07. The van der Waals surface area contributed by atoms with Gasteiger partial charge in [0.25, 0.3) is 0 Å². The summed E-state index contributed by atoms with van der Waals surface area (Å²) < 4.78 is 0. The van der Waals surface area contributed by atoms with Crippen LogP contribution in [0.25, 0.3) is 0 Å². The first-order valence-electron chi connectivity index (χ1n) is 6.37. The van der Waals surface area contributed by atoms with Crippen molar-refractivity contribution in [1.29, 1.82) is 0 Å². The molecule has 0 bridgehead atoms. The Hall–Kier alpha value is -2.41. The average molecular weight is 305 g/mol. The van der Waals surface area contributed by atoms with Crippen molar-refractivity contribution in [3.63, 3.8) is 0 Å². The van der Waals surface area contributed by atoms with E-state index in [0.29, 0.717) is 13.1 Å². The molecule has 0 atom stereocenters. The van der Waals surface area contributed by atoms with Crippen molar-refractivity contribution in [2.75, 3.05) is 6.54 Å². The molecule has 0 aliphatic carbocycles. The maximum atomic E-state index is 11.6. The summed E-state index contributed by atoms with van der Waals surface area (Å²) in [4.78, 5) is 27.2. The van der Waals surface area contributed by atoms with Crippen LogP contribution < -0.4 is 10.6 Å². The quantitative estimate of drug-likeness (QED) is 0.760. The van der Waals surface area contributed by atoms with E-state index < -0.39 is 5.97 Å². The third-order valence-electron chi connectivity index (χ3n) is 2.73. The van der Waals surface area contributed by atoms with E-state index in [1.54, 1.807) is 17.4 Å². The molecule has 0 aliphatic rings. The fourth-order valence-electron chi connectivity index (χ4n) is 1.65. The number of carbonyl (C=O) groups is 2. The van der Waals surface area contributed by atoms with Gasteiger partial charge in [0, 0.05) is 24.2 Å². The number of carbonyl (C=O) groups excluding carboxylic acids is 1. The highest BCUT2D eigenvalue weighted by atomic mass is 32.1. The lowest BCUT2D eigenvalue weighted by molar-refractivity contribution is 0.0690. The predicted molar refractivity (Wildman–Crippen MR) is 79.5 cm³/mol. The number of aromatic nitrogens is 1. The summed E-state index contributed by atoms with van der Waals surface area (Å²) >= 11 is 1.66. The number of pyridine rings is 1. The molecule has 0 spiro atoms. The van der Waals surface area contributed by atoms with Gasteiger partial charge in [0.15, 0.2) is 0 Å². The molecule has 0 aliphatic heterocycles. The first-order chi connectivity index (χ1) is 10.1. The van der Waals surface area contributed by atoms with E-state index in [-0.39, 0.29) is 11.7 Å². The molecule has 0 radical (unpaired) electrons. The first kappa shape index (κ1) is 15.0. The highest BCUT2D eigenvalue weighted by Gasteiger charge is 2.04. The van der Waals surface area contributed by atoms with Crippen LogP contribution in [0.1, 0.15) is 20.9 Å². The molecule has 0 aromatic carbocycles. The topological polar surface area (TPSA) is 91.3 Å². The molecule has 110 valence electrons. The van der Waals surface area contributed by atoms with Gasteiger partial charge >= 0.3 is 12.0 Å². The Morgan fingerprint density at radius 1 is 1.24 bits per heavy atom. The lowest BCUT2D eigenvalue weighted by Crippen LogP contribution is -2.36. The largest absolute Gasteiger partial charge is 0.477 e. The smallest absolute Gasteiger partial charge is 0.354 e. The highest BCUT2D eigenvalue weighted by Crippen LogP contribution is 2.08. The number of hydrogen-bond acceptors (Lipinski definition) is 4. The molecular weight excluding hydrogens is 290 g/mol. The van der Waals surface area contributed by atoms with E-state index in [0.717, 1.165) is 12.0 Å². The average Bonchev–Trinajstić information content (AvgIpc) is 2.99. The summed E-state index contributed by atoms with van der Waals surface area (Å²) in [6.45, 7) is 0.875. The van der Waals surface area contributed by atoms with Crippen LogP contribution in [0.4, 0.5) is 4.79 Å². The number of nitrogens with zero attached hydrogens (tertiary/aromatic N) is 1. The van der Waals surface area contributed by atoms with Gasteiger partial charge in [-0.1, -0.05) is 12.1 Å². The van der Waals surface area contributed by atoms with E-state index in [1.807, 2.05) is 17.5 Å². The van der Waals surface area contributed by atoms with E-state index >= 15 is 0 Å². The second-order valence-corrected chi connectivity index (χ2v) is 5.33. The molecule has 6 nitrogen and oxygen atoms in total. The monoisotopic (exact) mass is 305 g/mol. The van der Waals surface area contributed by atoms with Crippen LogP contribution in [0, 0.1) is 0 Å². The number of carboxylic acids is 1. The van der Waals surface area contributed by atoms with Crippen molar-refractivity contribution in [1.82, 2.24) is 15.6 Å². The van der Waals surface area contributed by atoms with Crippen molar-refractivity contribution < 1.29 is 14.7 Å². The summed E-state index contributed by atoms with van der Waals surface area (Å²) in [5.41, 5.74) is 0.729. The molecule has 0 fully saturated rings. The molecule has 3 N–H and O–H groups in total. The summed E-state index contributed by atoms with van der Waals surface area (Å²) in [6.07, 6.45) is 2.25. The van der Waals surface area contributed by atoms with Gasteiger partial charge in [-0.25, -0.2) is 14.6 Å². The SMILES string of the molecule is O=C(NCCc1cccs1)NCc1ccc(C(=O)O)nc1. The lowest BCUT2D eigenvalue weighted by Gasteiger charge is -2.07. The summed E-state index contributed by atoms with van der Waals surface area (Å²) in [5, 5.41) is 16.2. The predicted octanol–water partition coefficient (Wildman–Crippen LogP) is 1.88. The number of amides is 2. The molecule has 0 unspecified atom stereocenters. The second kappa shape index (κ2) is 7.39. The maximum Gasteiger partial charge on any atom is 0.354 e. The van der Waals surface area contributed by atoms with Crippen LogP contribution in [0.3, 0.4) is 0 Å². The Bertz CT molecular complexity index is 596. The fraction of sp³-hybridized carbons (Fsp3) is 0.214. The van der Waals surface area contributed by atoms with Crippen molar-refractivity contribution >= 4 is 23.3 Å². The van der Waals surface area contributed by atoms with Crippen molar-refractivity contribution in [2.24, 2.45) is 0 Å². The van der Waals surface area contributed by atoms with Crippen LogP contribution in [0.5, 0.6) is 0 Å². The Labute approximate surface area is 125 Å². The van der Waals surface area contributed by atoms with Gasteiger partial charge in [-0.05, 0) is 29.5 Å². The molecule has 2 amide bonds. The number of thiophene rings is 1. The summed E-state index contributed by atoms with van der Waals surface area (Å²) in [6, 6.07) is 6.79. The Kier molecular flexibility index (Phi) is 5.28. The van der Waals surface area contributed by atoms with E-state index in [9.17, 15) is 9.59 Å². The zero-order valence-corrected chi connectivity index (χ0v) is 12.0. The molecular formula is C14H15N3O3S. The lowest BCUT2D eigenvalue weighted by atomic mass is 10.2. The van der Waals surface area contributed by atoms with Crippen LogP contribution in [-0.2, 0) is 13.0 Å². The maximum absolute atomic E-state index is 11.6. The number of rotatable bonds is 6. The van der Waals surface area contributed by atoms with Gasteiger partial charge in [-0.2, -0.15) is 0 Å². The van der Waals surface area contributed by atoms with E-state index in [1.165, 1.54) is 17.1 Å². The second-order valence-electron chi connectivity index (χ2n) is 4.30. The third-order valence-corrected chi connectivity index (χ3v) is 3.67. The Morgan fingerprint density at radius 3 is 2.71 bits per heavy atom. The molecule has 2 heterocycles. The number of carboxylic acid groups (broad SMARTS) is 1. The minimum Gasteiger partial charge on any atom is -0.477 e. The molecule has 2 rings (SSSR count). The van der Waals surface area contributed by atoms with Gasteiger partial charge < -0.3 is 15.7 Å². The zero-order chi connectivity index (χ0) is 15.1. The van der Waals surface area contributed by atoms with Gasteiger partial charge in [-0.15, -0.1) is 11.3 Å². The Balaban J connectivity index is 1.69. The van der Waals surface area contributed by atoms with Crippen molar-refractivity contribution in [2.45, 2.75) is 13.0 Å². The van der Waals surface area contributed by atoms with Crippen LogP contribution >= 0.6 is 11.3 Å². The molecule has 7 heteroatoms. The van der Waals surface area contributed by atoms with Crippen LogP contribution in [0.2, 0.25) is 0 Å².